The molecule has 5 nitrogen and oxygen atoms in total. The van der Waals surface area contributed by atoms with Gasteiger partial charge in [-0.15, -0.1) is 0 Å². The van der Waals surface area contributed by atoms with Gasteiger partial charge < -0.3 is 14.5 Å². The van der Waals surface area contributed by atoms with Gasteiger partial charge in [-0.25, -0.2) is 4.98 Å². The number of hydrogen-bond donors (Lipinski definition) is 0. The van der Waals surface area contributed by atoms with Crippen molar-refractivity contribution in [1.29, 1.82) is 0 Å². The van der Waals surface area contributed by atoms with Crippen LogP contribution < -0.4 is 9.64 Å². The number of aromatic nitrogens is 1. The monoisotopic (exact) mass is 325 g/mol. The standard InChI is InChI=1S/C19H23N3O2/c1-15-6-5-7-17(14-15)24-16(2)19(23)22-12-10-21(11-13-22)18-8-3-4-9-20-18/h3-9,14,16H,10-13H2,1-2H3/t16-/m0/s1. The summed E-state index contributed by atoms with van der Waals surface area (Å²) in [5.41, 5.74) is 1.12. The van der Waals surface area contributed by atoms with Crippen LogP contribution in [-0.2, 0) is 4.79 Å². The predicted octanol–water partition coefficient (Wildman–Crippen LogP) is 2.51. The molecular weight excluding hydrogens is 302 g/mol. The van der Waals surface area contributed by atoms with Crippen molar-refractivity contribution in [3.63, 3.8) is 0 Å². The number of piperazine rings is 1. The molecule has 0 saturated carbocycles. The number of hydrogen-bond acceptors (Lipinski definition) is 4. The molecule has 1 fully saturated rings. The van der Waals surface area contributed by atoms with Crippen LogP contribution in [-0.4, -0.2) is 48.1 Å². The number of nitrogens with zero attached hydrogens (tertiary/aromatic N) is 3. The number of benzene rings is 1. The maximum atomic E-state index is 12.6. The van der Waals surface area contributed by atoms with Gasteiger partial charge in [0, 0.05) is 32.4 Å². The Bertz CT molecular complexity index is 682. The highest BCUT2D eigenvalue weighted by atomic mass is 16.5. The van der Waals surface area contributed by atoms with E-state index in [-0.39, 0.29) is 5.91 Å². The highest BCUT2D eigenvalue weighted by Crippen LogP contribution is 2.17. The summed E-state index contributed by atoms with van der Waals surface area (Å²) < 4.78 is 5.80. The summed E-state index contributed by atoms with van der Waals surface area (Å²) in [6.45, 7) is 6.79. The molecule has 1 aromatic heterocycles. The summed E-state index contributed by atoms with van der Waals surface area (Å²) >= 11 is 0. The molecule has 126 valence electrons. The first-order chi connectivity index (χ1) is 11.6. The molecule has 0 unspecified atom stereocenters. The smallest absolute Gasteiger partial charge is 0.263 e. The van der Waals surface area contributed by atoms with Gasteiger partial charge in [-0.2, -0.15) is 0 Å². The SMILES string of the molecule is Cc1cccc(O[C@@H](C)C(=O)N2CCN(c3ccccn3)CC2)c1. The Hall–Kier alpha value is -2.56. The van der Waals surface area contributed by atoms with Crippen molar-refractivity contribution < 1.29 is 9.53 Å². The Balaban J connectivity index is 1.55. The average molecular weight is 325 g/mol. The fourth-order valence-electron chi connectivity index (χ4n) is 2.90. The molecule has 0 bridgehead atoms. The molecule has 2 aromatic rings. The van der Waals surface area contributed by atoms with E-state index in [1.54, 1.807) is 6.20 Å². The van der Waals surface area contributed by atoms with E-state index in [0.29, 0.717) is 13.1 Å². The first-order valence-electron chi connectivity index (χ1n) is 8.31. The second-order valence-corrected chi connectivity index (χ2v) is 6.08. The van der Waals surface area contributed by atoms with E-state index in [2.05, 4.69) is 9.88 Å². The Morgan fingerprint density at radius 1 is 1.12 bits per heavy atom. The number of rotatable bonds is 4. The van der Waals surface area contributed by atoms with E-state index in [1.165, 1.54) is 0 Å². The van der Waals surface area contributed by atoms with Crippen LogP contribution in [0.1, 0.15) is 12.5 Å². The summed E-state index contributed by atoms with van der Waals surface area (Å²) in [5, 5.41) is 0. The molecule has 1 aliphatic rings. The van der Waals surface area contributed by atoms with Crippen molar-refractivity contribution >= 4 is 11.7 Å². The van der Waals surface area contributed by atoms with Crippen molar-refractivity contribution in [3.8, 4) is 5.75 Å². The van der Waals surface area contributed by atoms with Gasteiger partial charge in [-0.1, -0.05) is 18.2 Å². The number of ether oxygens (including phenoxy) is 1. The molecule has 1 amide bonds. The van der Waals surface area contributed by atoms with Gasteiger partial charge in [0.15, 0.2) is 6.10 Å². The lowest BCUT2D eigenvalue weighted by molar-refractivity contribution is -0.138. The fraction of sp³-hybridized carbons (Fsp3) is 0.368. The summed E-state index contributed by atoms with van der Waals surface area (Å²) in [6.07, 6.45) is 1.32. The second-order valence-electron chi connectivity index (χ2n) is 6.08. The molecule has 24 heavy (non-hydrogen) atoms. The number of anilines is 1. The van der Waals surface area contributed by atoms with Gasteiger partial charge in [-0.3, -0.25) is 4.79 Å². The van der Waals surface area contributed by atoms with E-state index in [0.717, 1.165) is 30.2 Å². The van der Waals surface area contributed by atoms with Crippen molar-refractivity contribution in [1.82, 2.24) is 9.88 Å². The third-order valence-electron chi connectivity index (χ3n) is 4.21. The minimum atomic E-state index is -0.479. The van der Waals surface area contributed by atoms with Gasteiger partial charge in [0.05, 0.1) is 0 Å². The maximum Gasteiger partial charge on any atom is 0.263 e. The van der Waals surface area contributed by atoms with Crippen molar-refractivity contribution in [2.24, 2.45) is 0 Å². The van der Waals surface area contributed by atoms with E-state index in [9.17, 15) is 4.79 Å². The summed E-state index contributed by atoms with van der Waals surface area (Å²) in [6, 6.07) is 13.7. The zero-order valence-electron chi connectivity index (χ0n) is 14.2. The number of carbonyl (C=O) groups is 1. The number of aryl methyl sites for hydroxylation is 1. The molecule has 0 aliphatic carbocycles. The van der Waals surface area contributed by atoms with Crippen molar-refractivity contribution in [2.75, 3.05) is 31.1 Å². The normalized spacial score (nSPS) is 15.9. The maximum absolute atomic E-state index is 12.6. The predicted molar refractivity (Wildman–Crippen MR) is 94.3 cm³/mol. The quantitative estimate of drug-likeness (QED) is 0.866. The lowest BCUT2D eigenvalue weighted by Crippen LogP contribution is -2.52. The second kappa shape index (κ2) is 7.34. The third-order valence-corrected chi connectivity index (χ3v) is 4.21. The van der Waals surface area contributed by atoms with Gasteiger partial charge in [0.1, 0.15) is 11.6 Å². The number of amides is 1. The summed E-state index contributed by atoms with van der Waals surface area (Å²) in [7, 11) is 0. The van der Waals surface area contributed by atoms with E-state index in [1.807, 2.05) is 61.2 Å². The molecule has 2 heterocycles. The van der Waals surface area contributed by atoms with Crippen molar-refractivity contribution in [3.05, 3.63) is 54.2 Å². The molecule has 1 atom stereocenters. The van der Waals surface area contributed by atoms with Gasteiger partial charge in [0.2, 0.25) is 0 Å². The van der Waals surface area contributed by atoms with Gasteiger partial charge in [0.25, 0.3) is 5.91 Å². The zero-order chi connectivity index (χ0) is 16.9. The molecule has 1 aromatic carbocycles. The number of carbonyl (C=O) groups excluding carboxylic acids is 1. The topological polar surface area (TPSA) is 45.7 Å². The van der Waals surface area contributed by atoms with Crippen LogP contribution in [0.2, 0.25) is 0 Å². The van der Waals surface area contributed by atoms with E-state index < -0.39 is 6.10 Å². The van der Waals surface area contributed by atoms with Gasteiger partial charge in [-0.05, 0) is 43.7 Å². The molecule has 5 heteroatoms. The Morgan fingerprint density at radius 3 is 2.58 bits per heavy atom. The molecule has 0 N–H and O–H groups in total. The zero-order valence-corrected chi connectivity index (χ0v) is 14.2. The van der Waals surface area contributed by atoms with Crippen molar-refractivity contribution in [2.45, 2.75) is 20.0 Å². The molecule has 0 radical (unpaired) electrons. The molecule has 0 spiro atoms. The lowest BCUT2D eigenvalue weighted by Gasteiger charge is -2.36. The van der Waals surface area contributed by atoms with Crippen LogP contribution in [0, 0.1) is 6.92 Å². The molecular formula is C19H23N3O2. The minimum Gasteiger partial charge on any atom is -0.481 e. The molecule has 1 saturated heterocycles. The van der Waals surface area contributed by atoms with Crippen LogP contribution >= 0.6 is 0 Å². The van der Waals surface area contributed by atoms with Crippen LogP contribution in [0.15, 0.2) is 48.7 Å². The number of pyridine rings is 1. The highest BCUT2D eigenvalue weighted by Gasteiger charge is 2.26. The third kappa shape index (κ3) is 3.85. The van der Waals surface area contributed by atoms with E-state index >= 15 is 0 Å². The fourth-order valence-corrected chi connectivity index (χ4v) is 2.90. The first-order valence-corrected chi connectivity index (χ1v) is 8.31. The average Bonchev–Trinajstić information content (AvgIpc) is 2.62. The molecule has 1 aliphatic heterocycles. The van der Waals surface area contributed by atoms with Crippen LogP contribution in [0.5, 0.6) is 5.75 Å². The Labute approximate surface area is 142 Å². The first kappa shape index (κ1) is 16.3. The highest BCUT2D eigenvalue weighted by molar-refractivity contribution is 5.81. The largest absolute Gasteiger partial charge is 0.481 e. The Morgan fingerprint density at radius 2 is 1.92 bits per heavy atom. The molecule has 3 rings (SSSR count). The summed E-state index contributed by atoms with van der Waals surface area (Å²) in [5.74, 6) is 1.74. The van der Waals surface area contributed by atoms with E-state index in [4.69, 9.17) is 4.74 Å². The van der Waals surface area contributed by atoms with Crippen LogP contribution in [0.3, 0.4) is 0 Å². The van der Waals surface area contributed by atoms with Crippen LogP contribution in [0.25, 0.3) is 0 Å². The summed E-state index contributed by atoms with van der Waals surface area (Å²) in [4.78, 5) is 21.0. The van der Waals surface area contributed by atoms with Crippen LogP contribution in [0.4, 0.5) is 5.82 Å². The van der Waals surface area contributed by atoms with Gasteiger partial charge >= 0.3 is 0 Å². The lowest BCUT2D eigenvalue weighted by atomic mass is 10.2. The Kier molecular flexibility index (Phi) is 4.99. The minimum absolute atomic E-state index is 0.0391.